The molecule has 0 spiro atoms. The van der Waals surface area contributed by atoms with Crippen LogP contribution in [0.1, 0.15) is 2.74 Å². The molecule has 0 heterocycles. The van der Waals surface area contributed by atoms with Crippen molar-refractivity contribution in [1.29, 1.82) is 0 Å². The Morgan fingerprint density at radius 2 is 2.20 bits per heavy atom. The van der Waals surface area contributed by atoms with E-state index < -0.39 is 5.70 Å². The van der Waals surface area contributed by atoms with Crippen LogP contribution in [0.15, 0.2) is 0 Å². The van der Waals surface area contributed by atoms with Gasteiger partial charge in [-0.15, -0.1) is 11.6 Å². The number of thiol groups is 1. The molecule has 0 saturated carbocycles. The van der Waals surface area contributed by atoms with E-state index in [1.165, 1.54) is 0 Å². The van der Waals surface area contributed by atoms with Crippen molar-refractivity contribution < 1.29 is 2.74 Å². The van der Waals surface area contributed by atoms with Gasteiger partial charge in [-0.1, -0.05) is 0 Å². The summed E-state index contributed by atoms with van der Waals surface area (Å²) in [6.45, 7) is 0. The van der Waals surface area contributed by atoms with Crippen molar-refractivity contribution in [3.63, 3.8) is 0 Å². The molecular weight excluding hydrogens is 106 g/mol. The molecule has 0 unspecified atom stereocenters. The van der Waals surface area contributed by atoms with Crippen LogP contribution in [-0.2, 0) is 0 Å². The van der Waals surface area contributed by atoms with Gasteiger partial charge < -0.3 is 6.15 Å². The minimum Gasteiger partial charge on any atom is -0.344 e. The smallest absolute Gasteiger partial charge is 0.0390 e. The van der Waals surface area contributed by atoms with Crippen molar-refractivity contribution >= 4 is 24.2 Å². The first kappa shape index (κ1) is 3.78. The van der Waals surface area contributed by atoms with Crippen LogP contribution in [-0.4, -0.2) is 11.6 Å². The van der Waals surface area contributed by atoms with Crippen molar-refractivity contribution in [2.24, 2.45) is 0 Å². The molecular formula is C2H8ClNS. The van der Waals surface area contributed by atoms with E-state index in [-0.39, 0.29) is 12.0 Å². The lowest BCUT2D eigenvalue weighted by molar-refractivity contribution is 1.55. The fourth-order valence-corrected chi connectivity index (χ4v) is 0. The highest BCUT2D eigenvalue weighted by Gasteiger charge is 1.59. The van der Waals surface area contributed by atoms with E-state index in [2.05, 4.69) is 12.6 Å². The van der Waals surface area contributed by atoms with Gasteiger partial charge in [0.05, 0.1) is 0 Å². The third-order valence-electron chi connectivity index (χ3n) is 0.0598. The van der Waals surface area contributed by atoms with Crippen LogP contribution in [0.25, 0.3) is 0 Å². The number of hydrogen-bond donors (Lipinski definition) is 2. The average Bonchev–Trinajstić information content (AvgIpc) is 1.35. The van der Waals surface area contributed by atoms with E-state index in [1.807, 2.05) is 0 Å². The van der Waals surface area contributed by atoms with E-state index in [0.717, 1.165) is 0 Å². The summed E-state index contributed by atoms with van der Waals surface area (Å²) in [5.41, 5.74) is -1.50. The van der Waals surface area contributed by atoms with Crippen molar-refractivity contribution in [3.05, 3.63) is 0 Å². The molecule has 0 saturated heterocycles. The first-order valence-electron chi connectivity index (χ1n) is 1.84. The third-order valence-corrected chi connectivity index (χ3v) is 0.538. The molecule has 3 N–H and O–H groups in total. The highest BCUT2D eigenvalue weighted by Crippen LogP contribution is 1.74. The van der Waals surface area contributed by atoms with Gasteiger partial charge in [0.15, 0.2) is 0 Å². The maximum atomic E-state index is 6.58. The van der Waals surface area contributed by atoms with Crippen molar-refractivity contribution in [1.82, 2.24) is 6.15 Å². The second kappa shape index (κ2) is 8.82. The van der Waals surface area contributed by atoms with Crippen LogP contribution in [0.2, 0.25) is 0 Å². The van der Waals surface area contributed by atoms with E-state index in [0.29, 0.717) is 0 Å². The van der Waals surface area contributed by atoms with E-state index in [4.69, 9.17) is 14.3 Å². The average molecular weight is 116 g/mol. The van der Waals surface area contributed by atoms with Gasteiger partial charge in [0, 0.05) is 14.3 Å². The summed E-state index contributed by atoms with van der Waals surface area (Å²) >= 11 is 8.48. The molecule has 5 heavy (non-hydrogen) atoms. The maximum absolute atomic E-state index is 6.58. The first-order valence-corrected chi connectivity index (χ1v) is 1.83. The van der Waals surface area contributed by atoms with Crippen LogP contribution in [0.4, 0.5) is 0 Å². The predicted molar refractivity (Wildman–Crippen MR) is 29.6 cm³/mol. The summed E-state index contributed by atoms with van der Waals surface area (Å²) in [5.74, 6) is -0.0594. The largest absolute Gasteiger partial charge is 0.344 e. The van der Waals surface area contributed by atoms with Gasteiger partial charge in [0.1, 0.15) is 0 Å². The van der Waals surface area contributed by atoms with Crippen LogP contribution in [0.5, 0.6) is 0 Å². The molecule has 0 aliphatic heterocycles. The molecule has 0 aromatic heterocycles. The topological polar surface area (TPSA) is 35.0 Å². The van der Waals surface area contributed by atoms with Gasteiger partial charge >= 0.3 is 0 Å². The molecule has 0 bridgehead atoms. The van der Waals surface area contributed by atoms with Gasteiger partial charge in [0.25, 0.3) is 0 Å². The number of halogens is 1. The fourth-order valence-electron chi connectivity index (χ4n) is 0. The van der Waals surface area contributed by atoms with E-state index >= 15 is 0 Å². The summed E-state index contributed by atoms with van der Waals surface area (Å²) in [4.78, 5) is 0. The number of hydrogen-bond acceptors (Lipinski definition) is 2. The minimum absolute atomic E-state index is 0. The van der Waals surface area contributed by atoms with Crippen molar-refractivity contribution in [3.8, 4) is 0 Å². The van der Waals surface area contributed by atoms with Crippen LogP contribution < -0.4 is 6.15 Å². The predicted octanol–water partition coefficient (Wildman–Crippen LogP) is 1.32. The van der Waals surface area contributed by atoms with E-state index in [1.54, 1.807) is 0 Å². The SMILES string of the molecule is N.[2H]C([2H])(S)CCl. The zero-order valence-electron chi connectivity index (χ0n) is 4.74. The normalized spacial score (nSPS) is 14.8. The first-order chi connectivity index (χ1) is 2.56. The standard InChI is InChI=1S/C2H5ClS.H3N/c3-1-2-4;/h4H,1-2H2;1H3/i2D2;. The summed E-state index contributed by atoms with van der Waals surface area (Å²) < 4.78 is 13.2. The number of rotatable bonds is 1. The lowest BCUT2D eigenvalue weighted by Crippen LogP contribution is -1.64. The quantitative estimate of drug-likeness (QED) is 0.392. The Hall–Kier alpha value is 0.600. The Morgan fingerprint density at radius 1 is 2.00 bits per heavy atom. The summed E-state index contributed by atoms with van der Waals surface area (Å²) in [6, 6.07) is 0. The molecule has 0 fully saturated rings. The van der Waals surface area contributed by atoms with Gasteiger partial charge in [-0.05, 0) is 0 Å². The van der Waals surface area contributed by atoms with Gasteiger partial charge in [-0.3, -0.25) is 0 Å². The van der Waals surface area contributed by atoms with Crippen LogP contribution >= 0.6 is 24.2 Å². The summed E-state index contributed by atoms with van der Waals surface area (Å²) in [6.07, 6.45) is 0. The monoisotopic (exact) mass is 115 g/mol. The molecule has 0 aliphatic carbocycles. The number of alkyl halides is 1. The van der Waals surface area contributed by atoms with Gasteiger partial charge in [0.2, 0.25) is 0 Å². The molecule has 34 valence electrons. The maximum Gasteiger partial charge on any atom is 0.0390 e. The lowest BCUT2D eigenvalue weighted by Gasteiger charge is -1.65. The van der Waals surface area contributed by atoms with Crippen LogP contribution in [0, 0.1) is 0 Å². The highest BCUT2D eigenvalue weighted by molar-refractivity contribution is 7.80. The zero-order valence-corrected chi connectivity index (χ0v) is 4.39. The summed E-state index contributed by atoms with van der Waals surface area (Å²) in [7, 11) is 0. The Balaban J connectivity index is 0. The minimum atomic E-state index is -1.50. The Morgan fingerprint density at radius 3 is 2.20 bits per heavy atom. The Bertz CT molecular complexity index is 45.4. The van der Waals surface area contributed by atoms with Gasteiger partial charge in [-0.25, -0.2) is 0 Å². The molecule has 0 aromatic rings. The van der Waals surface area contributed by atoms with Gasteiger partial charge in [-0.2, -0.15) is 12.6 Å². The molecule has 0 amide bonds. The van der Waals surface area contributed by atoms with E-state index in [9.17, 15) is 0 Å². The third kappa shape index (κ3) is 12.1. The molecule has 0 radical (unpaired) electrons. The Kier molecular flexibility index (Phi) is 6.66. The highest BCUT2D eigenvalue weighted by atomic mass is 35.5. The molecule has 0 rings (SSSR count). The van der Waals surface area contributed by atoms with Crippen LogP contribution in [0.3, 0.4) is 0 Å². The second-order valence-corrected chi connectivity index (χ2v) is 0.875. The molecule has 3 heteroatoms. The zero-order chi connectivity index (χ0) is 5.21. The lowest BCUT2D eigenvalue weighted by atomic mass is 11.0. The fraction of sp³-hybridized carbons (Fsp3) is 1.00. The molecule has 0 aromatic carbocycles. The second-order valence-electron chi connectivity index (χ2n) is 0.292. The molecule has 1 nitrogen and oxygen atoms in total. The molecule has 0 atom stereocenters. The molecule has 0 aliphatic rings. The summed E-state index contributed by atoms with van der Waals surface area (Å²) in [5, 5.41) is 0. The van der Waals surface area contributed by atoms with Crippen molar-refractivity contribution in [2.45, 2.75) is 0 Å². The Labute approximate surface area is 45.5 Å². The van der Waals surface area contributed by atoms with Crippen molar-refractivity contribution in [2.75, 3.05) is 11.6 Å².